The van der Waals surface area contributed by atoms with Gasteiger partial charge in [0.25, 0.3) is 11.8 Å². The lowest BCUT2D eigenvalue weighted by Gasteiger charge is -2.28. The van der Waals surface area contributed by atoms with Gasteiger partial charge in [0.15, 0.2) is 0 Å². The molecule has 1 aliphatic heterocycles. The smallest absolute Gasteiger partial charge is 0.262 e. The Labute approximate surface area is 156 Å². The van der Waals surface area contributed by atoms with Crippen molar-refractivity contribution >= 4 is 35.0 Å². The summed E-state index contributed by atoms with van der Waals surface area (Å²) in [6.07, 6.45) is 0. The zero-order valence-corrected chi connectivity index (χ0v) is 15.5. The number of aryl methyl sites for hydroxylation is 1. The number of anilines is 1. The second-order valence-electron chi connectivity index (χ2n) is 6.69. The fourth-order valence-corrected chi connectivity index (χ4v) is 3.39. The van der Waals surface area contributed by atoms with Crippen LogP contribution in [0, 0.1) is 12.8 Å². The van der Waals surface area contributed by atoms with E-state index in [1.807, 2.05) is 13.0 Å². The van der Waals surface area contributed by atoms with Gasteiger partial charge in [-0.3, -0.25) is 19.3 Å². The molecule has 6 heteroatoms. The minimum atomic E-state index is -0.931. The van der Waals surface area contributed by atoms with Crippen molar-refractivity contribution in [1.29, 1.82) is 0 Å². The van der Waals surface area contributed by atoms with Crippen molar-refractivity contribution in [3.8, 4) is 0 Å². The Balaban J connectivity index is 1.92. The normalized spacial score (nSPS) is 14.6. The van der Waals surface area contributed by atoms with Crippen molar-refractivity contribution in [3.63, 3.8) is 0 Å². The molecule has 0 saturated carbocycles. The number of carbonyl (C=O) groups excluding carboxylic acids is 3. The van der Waals surface area contributed by atoms with Crippen LogP contribution in [0.15, 0.2) is 42.5 Å². The van der Waals surface area contributed by atoms with E-state index < -0.39 is 23.8 Å². The lowest BCUT2D eigenvalue weighted by atomic mass is 10.0. The molecule has 1 aliphatic rings. The summed E-state index contributed by atoms with van der Waals surface area (Å²) in [6, 6.07) is 10.9. The van der Waals surface area contributed by atoms with Crippen molar-refractivity contribution in [2.45, 2.75) is 26.8 Å². The van der Waals surface area contributed by atoms with E-state index in [4.69, 9.17) is 11.6 Å². The van der Waals surface area contributed by atoms with Gasteiger partial charge in [0.2, 0.25) is 5.91 Å². The maximum absolute atomic E-state index is 12.9. The van der Waals surface area contributed by atoms with E-state index in [0.29, 0.717) is 21.8 Å². The molecular formula is C20H19ClN2O3. The number of hydrogen-bond acceptors (Lipinski definition) is 3. The Kier molecular flexibility index (Phi) is 4.83. The molecule has 1 atom stereocenters. The summed E-state index contributed by atoms with van der Waals surface area (Å²) in [5.74, 6) is -1.61. The average molecular weight is 371 g/mol. The van der Waals surface area contributed by atoms with Gasteiger partial charge < -0.3 is 5.32 Å². The molecule has 26 heavy (non-hydrogen) atoms. The number of amides is 3. The van der Waals surface area contributed by atoms with E-state index >= 15 is 0 Å². The molecule has 0 unspecified atom stereocenters. The van der Waals surface area contributed by atoms with Crippen LogP contribution in [-0.2, 0) is 4.79 Å². The molecule has 2 aromatic carbocycles. The minimum Gasteiger partial charge on any atom is -0.323 e. The van der Waals surface area contributed by atoms with Gasteiger partial charge in [-0.05, 0) is 42.7 Å². The molecule has 2 aromatic rings. The standard InChI is InChI=1S/C20H19ClN2O3/c1-11(2)17(18(24)22-16-9-8-12(3)10-15(16)21)23-19(25)13-6-4-5-7-14(13)20(23)26/h4-11,17H,1-3H3,(H,22,24)/t17-/m0/s1. The second-order valence-corrected chi connectivity index (χ2v) is 7.09. The first kappa shape index (κ1) is 18.1. The molecule has 0 fully saturated rings. The summed E-state index contributed by atoms with van der Waals surface area (Å²) in [5.41, 5.74) is 2.06. The number of nitrogens with zero attached hydrogens (tertiary/aromatic N) is 1. The Morgan fingerprint density at radius 2 is 1.62 bits per heavy atom. The van der Waals surface area contributed by atoms with Gasteiger partial charge in [0, 0.05) is 0 Å². The van der Waals surface area contributed by atoms with Gasteiger partial charge in [-0.15, -0.1) is 0 Å². The molecule has 0 spiro atoms. The van der Waals surface area contributed by atoms with Crippen LogP contribution in [0.3, 0.4) is 0 Å². The summed E-state index contributed by atoms with van der Waals surface area (Å²) in [6.45, 7) is 5.49. The summed E-state index contributed by atoms with van der Waals surface area (Å²) in [4.78, 5) is 39.4. The first-order valence-electron chi connectivity index (χ1n) is 8.35. The molecule has 3 rings (SSSR count). The third-order valence-electron chi connectivity index (χ3n) is 4.39. The number of carbonyl (C=O) groups is 3. The van der Waals surface area contributed by atoms with E-state index in [-0.39, 0.29) is 5.92 Å². The number of nitrogens with one attached hydrogen (secondary N) is 1. The lowest BCUT2D eigenvalue weighted by molar-refractivity contribution is -0.121. The SMILES string of the molecule is Cc1ccc(NC(=O)[C@H](C(C)C)N2C(=O)c3ccccc3C2=O)c(Cl)c1. The maximum atomic E-state index is 12.9. The van der Waals surface area contributed by atoms with E-state index in [1.165, 1.54) is 0 Å². The Morgan fingerprint density at radius 1 is 1.04 bits per heavy atom. The lowest BCUT2D eigenvalue weighted by Crippen LogP contribution is -2.50. The van der Waals surface area contributed by atoms with Crippen LogP contribution < -0.4 is 5.32 Å². The average Bonchev–Trinajstić information content (AvgIpc) is 2.83. The van der Waals surface area contributed by atoms with Crippen LogP contribution in [-0.4, -0.2) is 28.7 Å². The highest BCUT2D eigenvalue weighted by Crippen LogP contribution is 2.29. The second kappa shape index (κ2) is 6.92. The van der Waals surface area contributed by atoms with Crippen LogP contribution in [0.2, 0.25) is 5.02 Å². The Morgan fingerprint density at radius 3 is 2.12 bits per heavy atom. The summed E-state index contributed by atoms with van der Waals surface area (Å²) in [7, 11) is 0. The van der Waals surface area contributed by atoms with E-state index in [2.05, 4.69) is 5.32 Å². The molecule has 1 heterocycles. The Hall–Kier alpha value is -2.66. The van der Waals surface area contributed by atoms with Gasteiger partial charge in [0.1, 0.15) is 6.04 Å². The number of halogens is 1. The van der Waals surface area contributed by atoms with Crippen molar-refractivity contribution in [2.75, 3.05) is 5.32 Å². The predicted molar refractivity (Wildman–Crippen MR) is 100 cm³/mol. The number of rotatable bonds is 4. The number of benzene rings is 2. The molecule has 0 aromatic heterocycles. The van der Waals surface area contributed by atoms with Crippen molar-refractivity contribution in [3.05, 3.63) is 64.2 Å². The molecule has 0 bridgehead atoms. The third-order valence-corrected chi connectivity index (χ3v) is 4.70. The Bertz CT molecular complexity index is 873. The quantitative estimate of drug-likeness (QED) is 0.830. The highest BCUT2D eigenvalue weighted by molar-refractivity contribution is 6.34. The zero-order chi connectivity index (χ0) is 19.0. The van der Waals surface area contributed by atoms with Crippen LogP contribution in [0.1, 0.15) is 40.1 Å². The number of imide groups is 1. The molecule has 134 valence electrons. The van der Waals surface area contributed by atoms with Crippen molar-refractivity contribution in [2.24, 2.45) is 5.92 Å². The molecule has 0 saturated heterocycles. The number of hydrogen-bond donors (Lipinski definition) is 1. The van der Waals surface area contributed by atoms with Gasteiger partial charge in [-0.1, -0.05) is 43.6 Å². The molecule has 0 aliphatic carbocycles. The molecule has 0 radical (unpaired) electrons. The van der Waals surface area contributed by atoms with Gasteiger partial charge in [-0.25, -0.2) is 0 Å². The topological polar surface area (TPSA) is 66.5 Å². The van der Waals surface area contributed by atoms with Gasteiger partial charge in [0.05, 0.1) is 21.8 Å². The molecule has 3 amide bonds. The first-order chi connectivity index (χ1) is 12.3. The fraction of sp³-hybridized carbons (Fsp3) is 0.250. The zero-order valence-electron chi connectivity index (χ0n) is 14.7. The fourth-order valence-electron chi connectivity index (χ4n) is 3.11. The highest BCUT2D eigenvalue weighted by atomic mass is 35.5. The van der Waals surface area contributed by atoms with Gasteiger partial charge >= 0.3 is 0 Å². The van der Waals surface area contributed by atoms with E-state index in [1.54, 1.807) is 50.2 Å². The molecule has 1 N–H and O–H groups in total. The maximum Gasteiger partial charge on any atom is 0.262 e. The van der Waals surface area contributed by atoms with Crippen molar-refractivity contribution in [1.82, 2.24) is 4.90 Å². The summed E-state index contributed by atoms with van der Waals surface area (Å²) in [5, 5.41) is 3.15. The van der Waals surface area contributed by atoms with Crippen molar-refractivity contribution < 1.29 is 14.4 Å². The minimum absolute atomic E-state index is 0.263. The van der Waals surface area contributed by atoms with E-state index in [0.717, 1.165) is 10.5 Å². The molecular weight excluding hydrogens is 352 g/mol. The van der Waals surface area contributed by atoms with E-state index in [9.17, 15) is 14.4 Å². The molecule has 5 nitrogen and oxygen atoms in total. The largest absolute Gasteiger partial charge is 0.323 e. The van der Waals surface area contributed by atoms with Crippen LogP contribution in [0.25, 0.3) is 0 Å². The third kappa shape index (κ3) is 3.10. The number of fused-ring (bicyclic) bond motifs is 1. The van der Waals surface area contributed by atoms with Crippen LogP contribution >= 0.6 is 11.6 Å². The summed E-state index contributed by atoms with van der Waals surface area (Å²) >= 11 is 6.19. The van der Waals surface area contributed by atoms with Crippen LogP contribution in [0.5, 0.6) is 0 Å². The summed E-state index contributed by atoms with van der Waals surface area (Å²) < 4.78 is 0. The first-order valence-corrected chi connectivity index (χ1v) is 8.73. The van der Waals surface area contributed by atoms with Gasteiger partial charge in [-0.2, -0.15) is 0 Å². The predicted octanol–water partition coefficient (Wildman–Crippen LogP) is 3.91. The van der Waals surface area contributed by atoms with Crippen LogP contribution in [0.4, 0.5) is 5.69 Å². The highest BCUT2D eigenvalue weighted by Gasteiger charge is 2.43. The monoisotopic (exact) mass is 370 g/mol.